The normalized spacial score (nSPS) is 34.0. The second kappa shape index (κ2) is 4.74. The molecule has 3 heterocycles. The van der Waals surface area contributed by atoms with Crippen LogP contribution in [0, 0.1) is 17.6 Å². The number of anilines is 1. The van der Waals surface area contributed by atoms with Crippen LogP contribution in [-0.4, -0.2) is 35.7 Å². The molecule has 0 spiro atoms. The van der Waals surface area contributed by atoms with Gasteiger partial charge in [-0.2, -0.15) is 5.10 Å². The number of hydrogen-bond acceptors (Lipinski definition) is 4. The third-order valence-electron chi connectivity index (χ3n) is 4.72. The Morgan fingerprint density at radius 3 is 2.95 bits per heavy atom. The first kappa shape index (κ1) is 13.2. The molecule has 3 aliphatic rings. The minimum atomic E-state index is -0.642. The van der Waals surface area contributed by atoms with Crippen LogP contribution in [0.4, 0.5) is 14.5 Å². The Morgan fingerprint density at radius 1 is 1.33 bits per heavy atom. The van der Waals surface area contributed by atoms with Gasteiger partial charge >= 0.3 is 0 Å². The summed E-state index contributed by atoms with van der Waals surface area (Å²) in [5.74, 6) is -1.17. The molecule has 112 valence electrons. The second-order valence-corrected chi connectivity index (χ2v) is 5.90. The Morgan fingerprint density at radius 2 is 2.19 bits per heavy atom. The van der Waals surface area contributed by atoms with Crippen LogP contribution in [0.15, 0.2) is 23.3 Å². The zero-order valence-corrected chi connectivity index (χ0v) is 11.4. The standard InChI is InChI=1S/C15H16F2N2O2/c16-8-1-3-13(11(17)5-8)19-15-10(12(7-20)18-19)6-9-2-4-14(15)21-9/h1,3,5,9-10,14-15,20H,2,4,6-7H2. The minimum absolute atomic E-state index is 0.00833. The van der Waals surface area contributed by atoms with Crippen LogP contribution in [0.5, 0.6) is 0 Å². The summed E-state index contributed by atoms with van der Waals surface area (Å²) in [6.45, 7) is -0.139. The first-order chi connectivity index (χ1) is 10.2. The van der Waals surface area contributed by atoms with Crippen LogP contribution in [-0.2, 0) is 4.74 Å². The van der Waals surface area contributed by atoms with Gasteiger partial charge in [0.25, 0.3) is 0 Å². The van der Waals surface area contributed by atoms with Crippen LogP contribution < -0.4 is 5.01 Å². The first-order valence-corrected chi connectivity index (χ1v) is 7.25. The van der Waals surface area contributed by atoms with E-state index in [1.807, 2.05) is 0 Å². The number of hydrogen-bond donors (Lipinski definition) is 1. The lowest BCUT2D eigenvalue weighted by atomic mass is 9.87. The number of rotatable bonds is 2. The molecule has 0 radical (unpaired) electrons. The summed E-state index contributed by atoms with van der Waals surface area (Å²) in [7, 11) is 0. The molecule has 2 bridgehead atoms. The van der Waals surface area contributed by atoms with E-state index in [0.717, 1.165) is 25.3 Å². The van der Waals surface area contributed by atoms with Gasteiger partial charge in [-0.05, 0) is 31.4 Å². The highest BCUT2D eigenvalue weighted by atomic mass is 19.1. The maximum atomic E-state index is 14.1. The highest BCUT2D eigenvalue weighted by molar-refractivity contribution is 5.92. The van der Waals surface area contributed by atoms with E-state index >= 15 is 0 Å². The van der Waals surface area contributed by atoms with Gasteiger partial charge in [0.15, 0.2) is 5.82 Å². The lowest BCUT2D eigenvalue weighted by Gasteiger charge is -2.36. The number of hydrazone groups is 1. The van der Waals surface area contributed by atoms with Crippen molar-refractivity contribution in [2.24, 2.45) is 11.0 Å². The molecule has 2 saturated heterocycles. The summed E-state index contributed by atoms with van der Waals surface area (Å²) in [6.07, 6.45) is 2.92. The number of nitrogens with zero attached hydrogens (tertiary/aromatic N) is 2. The Kier molecular flexibility index (Phi) is 2.97. The van der Waals surface area contributed by atoms with Crippen molar-refractivity contribution in [3.63, 3.8) is 0 Å². The number of aliphatic hydroxyl groups excluding tert-OH is 1. The monoisotopic (exact) mass is 294 g/mol. The maximum Gasteiger partial charge on any atom is 0.151 e. The van der Waals surface area contributed by atoms with Crippen LogP contribution >= 0.6 is 0 Å². The third-order valence-corrected chi connectivity index (χ3v) is 4.72. The summed E-state index contributed by atoms with van der Waals surface area (Å²) in [4.78, 5) is 0. The molecule has 0 saturated carbocycles. The zero-order valence-electron chi connectivity index (χ0n) is 11.4. The Hall–Kier alpha value is -1.53. The minimum Gasteiger partial charge on any atom is -0.390 e. The average molecular weight is 294 g/mol. The quantitative estimate of drug-likeness (QED) is 0.908. The highest BCUT2D eigenvalue weighted by Crippen LogP contribution is 2.44. The van der Waals surface area contributed by atoms with Crippen molar-refractivity contribution in [3.05, 3.63) is 29.8 Å². The van der Waals surface area contributed by atoms with Crippen molar-refractivity contribution in [1.29, 1.82) is 0 Å². The third kappa shape index (κ3) is 1.97. The van der Waals surface area contributed by atoms with Crippen molar-refractivity contribution in [2.45, 2.75) is 37.5 Å². The predicted octanol–water partition coefficient (Wildman–Crippen LogP) is 2.07. The molecular formula is C15H16F2N2O2. The van der Waals surface area contributed by atoms with Crippen LogP contribution in [0.3, 0.4) is 0 Å². The van der Waals surface area contributed by atoms with Gasteiger partial charge in [-0.25, -0.2) is 8.78 Å². The SMILES string of the molecule is OCC1=NN(c2ccc(F)cc2F)C2C3CCC(CC12)O3. The molecule has 1 aromatic carbocycles. The highest BCUT2D eigenvalue weighted by Gasteiger charge is 2.51. The van der Waals surface area contributed by atoms with E-state index in [1.54, 1.807) is 5.01 Å². The van der Waals surface area contributed by atoms with Crippen LogP contribution in [0.2, 0.25) is 0 Å². The molecule has 21 heavy (non-hydrogen) atoms. The average Bonchev–Trinajstić information content (AvgIpc) is 3.01. The number of halogens is 2. The smallest absolute Gasteiger partial charge is 0.151 e. The summed E-state index contributed by atoms with van der Waals surface area (Å²) >= 11 is 0. The van der Waals surface area contributed by atoms with Crippen molar-refractivity contribution >= 4 is 11.4 Å². The predicted molar refractivity (Wildman–Crippen MR) is 73.1 cm³/mol. The van der Waals surface area contributed by atoms with Gasteiger partial charge in [0, 0.05) is 12.0 Å². The van der Waals surface area contributed by atoms with E-state index in [4.69, 9.17) is 4.74 Å². The molecule has 6 heteroatoms. The zero-order chi connectivity index (χ0) is 14.6. The van der Waals surface area contributed by atoms with Gasteiger partial charge in [-0.1, -0.05) is 0 Å². The van der Waals surface area contributed by atoms with E-state index < -0.39 is 11.6 Å². The number of aliphatic hydroxyl groups is 1. The summed E-state index contributed by atoms with van der Waals surface area (Å²) in [5, 5.41) is 15.5. The Labute approximate surface area is 121 Å². The largest absolute Gasteiger partial charge is 0.390 e. The van der Waals surface area contributed by atoms with Gasteiger partial charge in [-0.3, -0.25) is 5.01 Å². The topological polar surface area (TPSA) is 45.1 Å². The van der Waals surface area contributed by atoms with Crippen LogP contribution in [0.1, 0.15) is 19.3 Å². The second-order valence-electron chi connectivity index (χ2n) is 5.90. The van der Waals surface area contributed by atoms with Crippen LogP contribution in [0.25, 0.3) is 0 Å². The van der Waals surface area contributed by atoms with E-state index in [-0.39, 0.29) is 36.5 Å². The van der Waals surface area contributed by atoms with Gasteiger partial charge in [0.1, 0.15) is 5.82 Å². The molecule has 1 N–H and O–H groups in total. The molecule has 4 rings (SSSR count). The summed E-state index contributed by atoms with van der Waals surface area (Å²) in [6, 6.07) is 3.37. The van der Waals surface area contributed by atoms with Crippen molar-refractivity contribution in [2.75, 3.05) is 11.6 Å². The molecular weight excluding hydrogens is 278 g/mol. The fourth-order valence-electron chi connectivity index (χ4n) is 3.81. The van der Waals surface area contributed by atoms with Gasteiger partial charge in [0.05, 0.1) is 36.3 Å². The van der Waals surface area contributed by atoms with E-state index in [1.165, 1.54) is 12.1 Å². The van der Waals surface area contributed by atoms with Crippen molar-refractivity contribution in [3.8, 4) is 0 Å². The molecule has 4 unspecified atom stereocenters. The maximum absolute atomic E-state index is 14.1. The summed E-state index contributed by atoms with van der Waals surface area (Å²) in [5.41, 5.74) is 0.910. The Bertz CT molecular complexity index is 607. The lowest BCUT2D eigenvalue weighted by Crippen LogP contribution is -2.47. The van der Waals surface area contributed by atoms with E-state index in [2.05, 4.69) is 5.10 Å². The van der Waals surface area contributed by atoms with Gasteiger partial charge in [0.2, 0.25) is 0 Å². The molecule has 0 aromatic heterocycles. The molecule has 2 fully saturated rings. The fourth-order valence-corrected chi connectivity index (χ4v) is 3.81. The molecule has 0 amide bonds. The lowest BCUT2D eigenvalue weighted by molar-refractivity contribution is -0.0189. The van der Waals surface area contributed by atoms with Crippen molar-refractivity contribution < 1.29 is 18.6 Å². The van der Waals surface area contributed by atoms with Gasteiger partial charge in [-0.15, -0.1) is 0 Å². The molecule has 0 aliphatic carbocycles. The van der Waals surface area contributed by atoms with E-state index in [9.17, 15) is 13.9 Å². The Balaban J connectivity index is 1.75. The van der Waals surface area contributed by atoms with Crippen molar-refractivity contribution in [1.82, 2.24) is 0 Å². The number of benzene rings is 1. The molecule has 3 aliphatic heterocycles. The number of fused-ring (bicyclic) bond motifs is 4. The van der Waals surface area contributed by atoms with E-state index in [0.29, 0.717) is 5.71 Å². The summed E-state index contributed by atoms with van der Waals surface area (Å²) < 4.78 is 33.1. The number of ether oxygens (including phenoxy) is 1. The fraction of sp³-hybridized carbons (Fsp3) is 0.533. The molecule has 4 nitrogen and oxygen atoms in total. The van der Waals surface area contributed by atoms with Gasteiger partial charge < -0.3 is 9.84 Å². The first-order valence-electron chi connectivity index (χ1n) is 7.25. The molecule has 1 aromatic rings. The molecule has 4 atom stereocenters.